The molecule has 6 aromatic carbocycles. The van der Waals surface area contributed by atoms with E-state index in [1.54, 1.807) is 0 Å². The lowest BCUT2D eigenvalue weighted by Crippen LogP contribution is -2.31. The molecule has 1 atom stereocenters. The average molecular weight is 754 g/mol. The summed E-state index contributed by atoms with van der Waals surface area (Å²) in [5.41, 5.74) is 11.6. The highest BCUT2D eigenvalue weighted by molar-refractivity contribution is 6.21. The number of pyridine rings is 2. The van der Waals surface area contributed by atoms with Gasteiger partial charge in [0.25, 0.3) is 0 Å². The lowest BCUT2D eigenvalue weighted by Gasteiger charge is -2.36. The van der Waals surface area contributed by atoms with Crippen molar-refractivity contribution in [3.63, 3.8) is 0 Å². The molecule has 0 bridgehead atoms. The number of para-hydroxylation sites is 1. The molecule has 4 heterocycles. The van der Waals surface area contributed by atoms with E-state index in [4.69, 9.17) is 19.1 Å². The van der Waals surface area contributed by atoms with Crippen molar-refractivity contribution in [3.05, 3.63) is 174 Å². The molecule has 4 aromatic heterocycles. The first-order valence-corrected chi connectivity index (χ1v) is 20.2. The number of fused-ring (bicyclic) bond motifs is 9. The van der Waals surface area contributed by atoms with Crippen LogP contribution in [0, 0.1) is 13.8 Å². The summed E-state index contributed by atoms with van der Waals surface area (Å²) in [6, 6.07) is 47.3. The number of nitrogens with zero attached hydrogens (tertiary/aromatic N) is 3. The maximum atomic E-state index is 6.96. The molecule has 0 radical (unpaired) electrons. The highest BCUT2D eigenvalue weighted by atomic mass is 16.5. The van der Waals surface area contributed by atoms with Gasteiger partial charge in [0, 0.05) is 51.5 Å². The van der Waals surface area contributed by atoms with Crippen molar-refractivity contribution < 1.29 is 9.15 Å². The standard InChI is InChI=1S/C53H43N3O2/c1-31-24-48(55-29-32(31)2)56-45-19-13-12-18-38(45)39-22-21-35(27-46(39)56)57-36-25-40(50-41(26-36)49-37-17-11-10-14-33(37)20-23-47(49)58-50)44-28-42-43(30-54-44)53(5,6)51(52(42,3)4)34-15-8-7-9-16-34/h7-30,51H,1-6H3. The van der Waals surface area contributed by atoms with Gasteiger partial charge < -0.3 is 9.15 Å². The topological polar surface area (TPSA) is 53.1 Å². The molecule has 0 amide bonds. The van der Waals surface area contributed by atoms with E-state index in [0.29, 0.717) is 5.75 Å². The van der Waals surface area contributed by atoms with Gasteiger partial charge in [0.15, 0.2) is 0 Å². The Bertz CT molecular complexity index is 3300. The van der Waals surface area contributed by atoms with Gasteiger partial charge in [0.2, 0.25) is 0 Å². The van der Waals surface area contributed by atoms with Crippen LogP contribution >= 0.6 is 0 Å². The number of furan rings is 1. The van der Waals surface area contributed by atoms with Crippen molar-refractivity contribution >= 4 is 54.5 Å². The minimum atomic E-state index is -0.145. The van der Waals surface area contributed by atoms with Gasteiger partial charge in [-0.3, -0.25) is 9.55 Å². The number of ether oxygens (including phenoxy) is 1. The van der Waals surface area contributed by atoms with E-state index in [1.165, 1.54) is 33.2 Å². The highest BCUT2D eigenvalue weighted by Gasteiger charge is 2.52. The van der Waals surface area contributed by atoms with E-state index in [2.05, 4.69) is 186 Å². The molecular weight excluding hydrogens is 711 g/mol. The Morgan fingerprint density at radius 3 is 2.16 bits per heavy atom. The second-order valence-electron chi connectivity index (χ2n) is 17.3. The van der Waals surface area contributed by atoms with Crippen LogP contribution in [0.25, 0.3) is 71.6 Å². The molecule has 5 heteroatoms. The normalized spacial score (nSPS) is 15.9. The Hall–Kier alpha value is -6.72. The largest absolute Gasteiger partial charge is 0.457 e. The molecule has 0 spiro atoms. The Kier molecular flexibility index (Phi) is 7.37. The summed E-state index contributed by atoms with van der Waals surface area (Å²) in [7, 11) is 0. The lowest BCUT2D eigenvalue weighted by atomic mass is 9.67. The van der Waals surface area contributed by atoms with Crippen LogP contribution in [0.15, 0.2) is 150 Å². The van der Waals surface area contributed by atoms with Crippen molar-refractivity contribution in [2.24, 2.45) is 0 Å². The third-order valence-electron chi connectivity index (χ3n) is 13.0. The average Bonchev–Trinajstić information content (AvgIpc) is 3.82. The molecule has 0 fully saturated rings. The fourth-order valence-electron chi connectivity index (χ4n) is 10.3. The third kappa shape index (κ3) is 5.02. The van der Waals surface area contributed by atoms with Crippen LogP contribution < -0.4 is 4.74 Å². The van der Waals surface area contributed by atoms with Crippen LogP contribution in [-0.2, 0) is 10.8 Å². The number of hydrogen-bond acceptors (Lipinski definition) is 4. The van der Waals surface area contributed by atoms with Crippen molar-refractivity contribution in [2.45, 2.75) is 58.3 Å². The summed E-state index contributed by atoms with van der Waals surface area (Å²) in [6.07, 6.45) is 4.07. The predicted molar refractivity (Wildman–Crippen MR) is 238 cm³/mol. The summed E-state index contributed by atoms with van der Waals surface area (Å²) in [6.45, 7) is 13.7. The monoisotopic (exact) mass is 753 g/mol. The summed E-state index contributed by atoms with van der Waals surface area (Å²) in [5.74, 6) is 2.62. The van der Waals surface area contributed by atoms with Crippen molar-refractivity contribution in [3.8, 4) is 28.6 Å². The van der Waals surface area contributed by atoms with E-state index in [-0.39, 0.29) is 16.7 Å². The number of rotatable bonds is 5. The van der Waals surface area contributed by atoms with Gasteiger partial charge in [-0.05, 0) is 112 Å². The zero-order chi connectivity index (χ0) is 39.5. The van der Waals surface area contributed by atoms with Crippen molar-refractivity contribution in [1.29, 1.82) is 0 Å². The van der Waals surface area contributed by atoms with Gasteiger partial charge in [-0.15, -0.1) is 0 Å². The molecule has 1 unspecified atom stereocenters. The Labute approximate surface area is 337 Å². The smallest absolute Gasteiger partial charge is 0.145 e. The molecule has 11 rings (SSSR count). The first-order valence-electron chi connectivity index (χ1n) is 20.2. The Morgan fingerprint density at radius 2 is 1.33 bits per heavy atom. The highest BCUT2D eigenvalue weighted by Crippen LogP contribution is 2.59. The van der Waals surface area contributed by atoms with E-state index in [1.807, 2.05) is 6.20 Å². The molecule has 0 saturated heterocycles. The number of aryl methyl sites for hydroxylation is 2. The van der Waals surface area contributed by atoms with Gasteiger partial charge in [-0.1, -0.05) is 107 Å². The predicted octanol–water partition coefficient (Wildman–Crippen LogP) is 14.1. The van der Waals surface area contributed by atoms with Crippen LogP contribution in [0.4, 0.5) is 0 Å². The second kappa shape index (κ2) is 12.4. The van der Waals surface area contributed by atoms with Crippen molar-refractivity contribution in [1.82, 2.24) is 14.5 Å². The zero-order valence-electron chi connectivity index (χ0n) is 33.6. The molecular formula is C53H43N3O2. The summed E-state index contributed by atoms with van der Waals surface area (Å²) < 4.78 is 16.0. The van der Waals surface area contributed by atoms with Crippen LogP contribution in [0.5, 0.6) is 11.5 Å². The maximum Gasteiger partial charge on any atom is 0.145 e. The number of benzene rings is 6. The third-order valence-corrected chi connectivity index (χ3v) is 13.0. The van der Waals surface area contributed by atoms with Gasteiger partial charge in [0.05, 0.1) is 16.7 Å². The number of hydrogen-bond donors (Lipinski definition) is 0. The molecule has 1 aliphatic rings. The SMILES string of the molecule is Cc1cnc(-n2c3ccccc3c3ccc(Oc4cc(-c5cc6c(cn5)C(C)(C)C(c5ccccc5)C6(C)C)c5oc6ccc7ccccc7c6c5c4)cc32)cc1C. The van der Waals surface area contributed by atoms with Crippen LogP contribution in [0.3, 0.4) is 0 Å². The van der Waals surface area contributed by atoms with E-state index in [9.17, 15) is 0 Å². The molecule has 282 valence electrons. The molecule has 0 aliphatic heterocycles. The Morgan fingerprint density at radius 1 is 0.586 bits per heavy atom. The van der Waals surface area contributed by atoms with Crippen LogP contribution in [-0.4, -0.2) is 14.5 Å². The quantitative estimate of drug-likeness (QED) is 0.176. The van der Waals surface area contributed by atoms with Gasteiger partial charge in [-0.25, -0.2) is 4.98 Å². The minimum Gasteiger partial charge on any atom is -0.457 e. The fraction of sp³-hybridized carbons (Fsp3) is 0.170. The van der Waals surface area contributed by atoms with E-state index < -0.39 is 0 Å². The first-order chi connectivity index (χ1) is 28.1. The van der Waals surface area contributed by atoms with E-state index in [0.717, 1.165) is 72.0 Å². The van der Waals surface area contributed by atoms with Gasteiger partial charge in [0.1, 0.15) is 28.5 Å². The van der Waals surface area contributed by atoms with Crippen LogP contribution in [0.1, 0.15) is 61.4 Å². The second-order valence-corrected chi connectivity index (χ2v) is 17.3. The molecule has 1 aliphatic carbocycles. The molecule has 10 aromatic rings. The lowest BCUT2D eigenvalue weighted by molar-refractivity contribution is 0.330. The van der Waals surface area contributed by atoms with Gasteiger partial charge >= 0.3 is 0 Å². The molecule has 0 saturated carbocycles. The molecule has 0 N–H and O–H groups in total. The fourth-order valence-corrected chi connectivity index (χ4v) is 10.3. The molecule has 5 nitrogen and oxygen atoms in total. The zero-order valence-corrected chi connectivity index (χ0v) is 33.6. The van der Waals surface area contributed by atoms with E-state index >= 15 is 0 Å². The summed E-state index contributed by atoms with van der Waals surface area (Å²) in [5, 5.41) is 6.70. The number of aromatic nitrogens is 3. The summed E-state index contributed by atoms with van der Waals surface area (Å²) in [4.78, 5) is 10.1. The maximum absolute atomic E-state index is 6.96. The molecule has 58 heavy (non-hydrogen) atoms. The minimum absolute atomic E-state index is 0.113. The summed E-state index contributed by atoms with van der Waals surface area (Å²) >= 11 is 0. The van der Waals surface area contributed by atoms with Crippen molar-refractivity contribution in [2.75, 3.05) is 0 Å². The first kappa shape index (κ1) is 34.5. The Balaban J connectivity index is 1.11. The van der Waals surface area contributed by atoms with Crippen LogP contribution in [0.2, 0.25) is 0 Å². The van der Waals surface area contributed by atoms with Gasteiger partial charge in [-0.2, -0.15) is 0 Å².